The van der Waals surface area contributed by atoms with Gasteiger partial charge in [0.25, 0.3) is 5.56 Å². The number of hydrogen-bond acceptors (Lipinski definition) is 3. The number of benzene rings is 1. The predicted molar refractivity (Wildman–Crippen MR) is 69.8 cm³/mol. The second-order valence-corrected chi connectivity index (χ2v) is 4.41. The largest absolute Gasteiger partial charge is 0.378 e. The van der Waals surface area contributed by atoms with E-state index in [0.29, 0.717) is 17.1 Å². The zero-order valence-electron chi connectivity index (χ0n) is 10.2. The average molecular weight is 283 g/mol. The van der Waals surface area contributed by atoms with E-state index in [1.165, 1.54) is 19.2 Å². The van der Waals surface area contributed by atoms with Gasteiger partial charge in [-0.2, -0.15) is 0 Å². The first-order chi connectivity index (χ1) is 9.10. The molecule has 2 rings (SSSR count). The Hall–Kier alpha value is -1.72. The van der Waals surface area contributed by atoms with E-state index in [0.717, 1.165) is 0 Å². The van der Waals surface area contributed by atoms with Gasteiger partial charge in [0.05, 0.1) is 17.3 Å². The molecule has 0 saturated carbocycles. The number of aromatic nitrogens is 2. The van der Waals surface area contributed by atoms with E-state index in [1.807, 2.05) is 0 Å². The van der Waals surface area contributed by atoms with Crippen LogP contribution in [0.5, 0.6) is 0 Å². The van der Waals surface area contributed by atoms with Crippen LogP contribution in [0.4, 0.5) is 4.39 Å². The van der Waals surface area contributed by atoms with Crippen molar-refractivity contribution in [2.75, 3.05) is 7.11 Å². The molecule has 19 heavy (non-hydrogen) atoms. The summed E-state index contributed by atoms with van der Waals surface area (Å²) in [7, 11) is 1.51. The molecule has 4 nitrogen and oxygen atoms in total. The molecule has 0 aliphatic rings. The van der Waals surface area contributed by atoms with Crippen molar-refractivity contribution >= 4 is 11.6 Å². The van der Waals surface area contributed by atoms with Crippen LogP contribution in [0.25, 0.3) is 0 Å². The highest BCUT2D eigenvalue weighted by molar-refractivity contribution is 6.30. The highest BCUT2D eigenvalue weighted by atomic mass is 35.5. The van der Waals surface area contributed by atoms with Gasteiger partial charge in [-0.3, -0.25) is 4.79 Å². The Labute approximate surface area is 114 Å². The van der Waals surface area contributed by atoms with Crippen LogP contribution >= 0.6 is 11.6 Å². The number of methoxy groups -OCH3 is 1. The predicted octanol–water partition coefficient (Wildman–Crippen LogP) is 2.30. The van der Waals surface area contributed by atoms with Crippen molar-refractivity contribution in [3.05, 3.63) is 62.5 Å². The molecule has 1 heterocycles. The van der Waals surface area contributed by atoms with Crippen LogP contribution in [0.3, 0.4) is 0 Å². The van der Waals surface area contributed by atoms with E-state index in [2.05, 4.69) is 9.97 Å². The first-order valence-electron chi connectivity index (χ1n) is 5.61. The summed E-state index contributed by atoms with van der Waals surface area (Å²) in [4.78, 5) is 18.2. The van der Waals surface area contributed by atoms with Gasteiger partial charge in [0, 0.05) is 19.6 Å². The Kier molecular flexibility index (Phi) is 4.29. The van der Waals surface area contributed by atoms with Crippen molar-refractivity contribution in [1.29, 1.82) is 0 Å². The molecule has 0 atom stereocenters. The summed E-state index contributed by atoms with van der Waals surface area (Å²) < 4.78 is 18.7. The molecule has 2 aromatic rings. The molecule has 0 saturated heterocycles. The lowest BCUT2D eigenvalue weighted by atomic mass is 10.1. The van der Waals surface area contributed by atoms with E-state index >= 15 is 0 Å². The Morgan fingerprint density at radius 2 is 2.26 bits per heavy atom. The standard InChI is InChI=1S/C13H12ClFN2O2/c1-19-7-9-6-12(18)17-11(16-9)5-8-3-2-4-10(14)13(8)15/h2-4,6H,5,7H2,1H3,(H,16,17,18). The molecule has 0 aliphatic heterocycles. The van der Waals surface area contributed by atoms with Gasteiger partial charge in [-0.25, -0.2) is 9.37 Å². The van der Waals surface area contributed by atoms with Crippen LogP contribution in [-0.2, 0) is 17.8 Å². The lowest BCUT2D eigenvalue weighted by Crippen LogP contribution is -2.14. The van der Waals surface area contributed by atoms with E-state index < -0.39 is 5.82 Å². The molecule has 1 aromatic carbocycles. The van der Waals surface area contributed by atoms with Crippen LogP contribution in [0, 0.1) is 5.82 Å². The van der Waals surface area contributed by atoms with E-state index in [9.17, 15) is 9.18 Å². The number of hydrogen-bond donors (Lipinski definition) is 1. The molecular weight excluding hydrogens is 271 g/mol. The topological polar surface area (TPSA) is 55.0 Å². The third kappa shape index (κ3) is 3.39. The molecule has 0 unspecified atom stereocenters. The molecule has 0 bridgehead atoms. The fourth-order valence-corrected chi connectivity index (χ4v) is 1.93. The van der Waals surface area contributed by atoms with Crippen LogP contribution in [0.2, 0.25) is 5.02 Å². The number of ether oxygens (including phenoxy) is 1. The van der Waals surface area contributed by atoms with E-state index in [-0.39, 0.29) is 23.6 Å². The summed E-state index contributed by atoms with van der Waals surface area (Å²) in [6.07, 6.45) is 0.166. The monoisotopic (exact) mass is 282 g/mol. The third-order valence-electron chi connectivity index (χ3n) is 2.53. The molecule has 0 amide bonds. The molecule has 0 radical (unpaired) electrons. The molecule has 1 N–H and O–H groups in total. The first-order valence-corrected chi connectivity index (χ1v) is 5.99. The molecule has 1 aromatic heterocycles. The van der Waals surface area contributed by atoms with Gasteiger partial charge < -0.3 is 9.72 Å². The zero-order chi connectivity index (χ0) is 13.8. The molecule has 0 fully saturated rings. The van der Waals surface area contributed by atoms with Gasteiger partial charge in [0.15, 0.2) is 0 Å². The Balaban J connectivity index is 2.32. The summed E-state index contributed by atoms with van der Waals surface area (Å²) in [5.74, 6) is -0.121. The van der Waals surface area contributed by atoms with Gasteiger partial charge in [-0.15, -0.1) is 0 Å². The van der Waals surface area contributed by atoms with Gasteiger partial charge >= 0.3 is 0 Å². The Morgan fingerprint density at radius 3 is 3.00 bits per heavy atom. The minimum absolute atomic E-state index is 0.0490. The first kappa shape index (κ1) is 13.7. The number of nitrogens with one attached hydrogen (secondary N) is 1. The van der Waals surface area contributed by atoms with Crippen LogP contribution < -0.4 is 5.56 Å². The zero-order valence-corrected chi connectivity index (χ0v) is 11.0. The molecule has 100 valence electrons. The number of rotatable bonds is 4. The quantitative estimate of drug-likeness (QED) is 0.936. The van der Waals surface area contributed by atoms with Gasteiger partial charge in [0.2, 0.25) is 0 Å². The van der Waals surface area contributed by atoms with Crippen molar-refractivity contribution in [3.63, 3.8) is 0 Å². The van der Waals surface area contributed by atoms with Crippen molar-refractivity contribution in [1.82, 2.24) is 9.97 Å². The number of H-pyrrole nitrogens is 1. The lowest BCUT2D eigenvalue weighted by Gasteiger charge is -2.06. The van der Waals surface area contributed by atoms with E-state index in [4.69, 9.17) is 16.3 Å². The molecule has 0 spiro atoms. The van der Waals surface area contributed by atoms with Crippen LogP contribution in [0.15, 0.2) is 29.1 Å². The summed E-state index contributed by atoms with van der Waals surface area (Å²) in [6.45, 7) is 0.231. The number of nitrogens with zero attached hydrogens (tertiary/aromatic N) is 1. The Morgan fingerprint density at radius 1 is 1.47 bits per heavy atom. The maximum atomic E-state index is 13.8. The smallest absolute Gasteiger partial charge is 0.251 e. The average Bonchev–Trinajstić information content (AvgIpc) is 2.35. The maximum absolute atomic E-state index is 13.8. The van der Waals surface area contributed by atoms with E-state index in [1.54, 1.807) is 12.1 Å². The minimum atomic E-state index is -0.496. The summed E-state index contributed by atoms with van der Waals surface area (Å²) in [5.41, 5.74) is 0.591. The van der Waals surface area contributed by atoms with Gasteiger partial charge in [-0.1, -0.05) is 23.7 Å². The number of aromatic amines is 1. The second-order valence-electron chi connectivity index (χ2n) is 4.01. The second kappa shape index (κ2) is 5.95. The van der Waals surface area contributed by atoms with Crippen molar-refractivity contribution < 1.29 is 9.13 Å². The van der Waals surface area contributed by atoms with Crippen LogP contribution in [-0.4, -0.2) is 17.1 Å². The third-order valence-corrected chi connectivity index (χ3v) is 2.82. The fraction of sp³-hybridized carbons (Fsp3) is 0.231. The van der Waals surface area contributed by atoms with Gasteiger partial charge in [0.1, 0.15) is 11.6 Å². The molecule has 6 heteroatoms. The van der Waals surface area contributed by atoms with Crippen molar-refractivity contribution in [2.24, 2.45) is 0 Å². The summed E-state index contributed by atoms with van der Waals surface area (Å²) >= 11 is 5.70. The SMILES string of the molecule is COCc1cc(=O)[nH]c(Cc2cccc(Cl)c2F)n1. The molecule has 0 aliphatic carbocycles. The summed E-state index contributed by atoms with van der Waals surface area (Å²) in [5, 5.41) is 0.0490. The number of halogens is 2. The summed E-state index contributed by atoms with van der Waals surface area (Å²) in [6, 6.07) is 6.07. The van der Waals surface area contributed by atoms with Gasteiger partial charge in [-0.05, 0) is 11.6 Å². The minimum Gasteiger partial charge on any atom is -0.378 e. The fourth-order valence-electron chi connectivity index (χ4n) is 1.73. The van der Waals surface area contributed by atoms with Crippen LogP contribution in [0.1, 0.15) is 17.1 Å². The van der Waals surface area contributed by atoms with Crippen molar-refractivity contribution in [2.45, 2.75) is 13.0 Å². The molecular formula is C13H12ClFN2O2. The Bertz CT molecular complexity index is 643. The highest BCUT2D eigenvalue weighted by Crippen LogP contribution is 2.19. The van der Waals surface area contributed by atoms with Crippen molar-refractivity contribution in [3.8, 4) is 0 Å². The highest BCUT2D eigenvalue weighted by Gasteiger charge is 2.09. The normalized spacial score (nSPS) is 10.7. The lowest BCUT2D eigenvalue weighted by molar-refractivity contribution is 0.181. The maximum Gasteiger partial charge on any atom is 0.251 e.